The van der Waals surface area contributed by atoms with Gasteiger partial charge in [0.1, 0.15) is 0 Å². The first-order valence-electron chi connectivity index (χ1n) is 4.27. The number of hydrogen-bond donors (Lipinski definition) is 1. The van der Waals surface area contributed by atoms with Crippen molar-refractivity contribution in [1.29, 1.82) is 0 Å². The normalized spacial score (nSPS) is 19.2. The lowest BCUT2D eigenvalue weighted by Gasteiger charge is -2.22. The minimum absolute atomic E-state index is 0.475. The van der Waals surface area contributed by atoms with Gasteiger partial charge in [0.2, 0.25) is 0 Å². The van der Waals surface area contributed by atoms with Crippen LogP contribution >= 0.6 is 0 Å². The van der Waals surface area contributed by atoms with E-state index in [9.17, 15) is 4.79 Å². The van der Waals surface area contributed by atoms with E-state index in [1.807, 2.05) is 0 Å². The standard InChI is InChI=1S/C9H15NO2/c1-7-2-4-8(5-3-7)6-12-9(10)11/h8H,1-6H2,(H2,10,11). The van der Waals surface area contributed by atoms with Crippen molar-refractivity contribution in [2.24, 2.45) is 11.7 Å². The molecule has 2 N–H and O–H groups in total. The van der Waals surface area contributed by atoms with Crippen LogP contribution in [0.2, 0.25) is 0 Å². The van der Waals surface area contributed by atoms with Crippen molar-refractivity contribution in [3.05, 3.63) is 12.2 Å². The maximum Gasteiger partial charge on any atom is 0.404 e. The van der Waals surface area contributed by atoms with Gasteiger partial charge in [-0.15, -0.1) is 0 Å². The lowest BCUT2D eigenvalue weighted by atomic mass is 9.87. The SMILES string of the molecule is C=C1CCC(COC(N)=O)CC1. The van der Waals surface area contributed by atoms with Gasteiger partial charge in [-0.2, -0.15) is 0 Å². The third-order valence-corrected chi connectivity index (χ3v) is 2.27. The summed E-state index contributed by atoms with van der Waals surface area (Å²) < 4.78 is 4.73. The molecule has 0 aromatic carbocycles. The molecule has 0 bridgehead atoms. The van der Waals surface area contributed by atoms with Crippen molar-refractivity contribution in [2.45, 2.75) is 25.7 Å². The molecule has 68 valence electrons. The van der Waals surface area contributed by atoms with Crippen LogP contribution in [0.4, 0.5) is 4.79 Å². The van der Waals surface area contributed by atoms with Gasteiger partial charge in [0.25, 0.3) is 0 Å². The summed E-state index contributed by atoms with van der Waals surface area (Å²) in [7, 11) is 0. The summed E-state index contributed by atoms with van der Waals surface area (Å²) in [6.07, 6.45) is 3.61. The Morgan fingerprint density at radius 1 is 1.58 bits per heavy atom. The number of nitrogens with two attached hydrogens (primary N) is 1. The number of rotatable bonds is 2. The minimum Gasteiger partial charge on any atom is -0.449 e. The van der Waals surface area contributed by atoms with Crippen LogP contribution in [0.1, 0.15) is 25.7 Å². The van der Waals surface area contributed by atoms with Gasteiger partial charge in [-0.1, -0.05) is 12.2 Å². The van der Waals surface area contributed by atoms with E-state index in [0.717, 1.165) is 25.7 Å². The number of primary amides is 1. The average molecular weight is 169 g/mol. The van der Waals surface area contributed by atoms with Crippen LogP contribution in [0, 0.1) is 5.92 Å². The number of ether oxygens (including phenoxy) is 1. The van der Waals surface area contributed by atoms with Gasteiger partial charge in [-0.25, -0.2) is 4.79 Å². The van der Waals surface area contributed by atoms with Crippen LogP contribution in [0.15, 0.2) is 12.2 Å². The maximum absolute atomic E-state index is 10.3. The van der Waals surface area contributed by atoms with Crippen LogP contribution in [-0.2, 0) is 4.74 Å². The molecule has 1 aliphatic rings. The Labute approximate surface area is 72.6 Å². The smallest absolute Gasteiger partial charge is 0.404 e. The Hall–Kier alpha value is -0.990. The Morgan fingerprint density at radius 3 is 2.67 bits per heavy atom. The third-order valence-electron chi connectivity index (χ3n) is 2.27. The van der Waals surface area contributed by atoms with E-state index < -0.39 is 6.09 Å². The first-order chi connectivity index (χ1) is 5.68. The molecule has 0 unspecified atom stereocenters. The predicted octanol–water partition coefficient (Wildman–Crippen LogP) is 1.83. The second kappa shape index (κ2) is 4.14. The van der Waals surface area contributed by atoms with E-state index in [2.05, 4.69) is 6.58 Å². The van der Waals surface area contributed by atoms with E-state index in [1.54, 1.807) is 0 Å². The molecule has 0 radical (unpaired) electrons. The summed E-state index contributed by atoms with van der Waals surface area (Å²) in [6, 6.07) is 0. The van der Waals surface area contributed by atoms with Gasteiger partial charge < -0.3 is 10.5 Å². The summed E-state index contributed by atoms with van der Waals surface area (Å²) in [4.78, 5) is 10.3. The topological polar surface area (TPSA) is 52.3 Å². The number of allylic oxidation sites excluding steroid dienone is 1. The zero-order valence-corrected chi connectivity index (χ0v) is 7.21. The number of carbonyl (C=O) groups is 1. The summed E-state index contributed by atoms with van der Waals surface area (Å²) in [5, 5.41) is 0. The summed E-state index contributed by atoms with van der Waals surface area (Å²) in [6.45, 7) is 4.39. The Morgan fingerprint density at radius 2 is 2.17 bits per heavy atom. The molecular formula is C9H15NO2. The monoisotopic (exact) mass is 169 g/mol. The van der Waals surface area contributed by atoms with Gasteiger partial charge in [0.05, 0.1) is 6.61 Å². The highest BCUT2D eigenvalue weighted by Crippen LogP contribution is 2.26. The molecule has 0 atom stereocenters. The number of carbonyl (C=O) groups excluding carboxylic acids is 1. The van der Waals surface area contributed by atoms with E-state index >= 15 is 0 Å². The lowest BCUT2D eigenvalue weighted by Crippen LogP contribution is -2.20. The second-order valence-electron chi connectivity index (χ2n) is 3.32. The molecule has 0 spiro atoms. The van der Waals surface area contributed by atoms with Crippen LogP contribution in [0.3, 0.4) is 0 Å². The molecular weight excluding hydrogens is 154 g/mol. The fourth-order valence-electron chi connectivity index (χ4n) is 1.45. The maximum atomic E-state index is 10.3. The molecule has 0 saturated heterocycles. The second-order valence-corrected chi connectivity index (χ2v) is 3.32. The van der Waals surface area contributed by atoms with Gasteiger partial charge >= 0.3 is 6.09 Å². The van der Waals surface area contributed by atoms with E-state index in [4.69, 9.17) is 10.5 Å². The van der Waals surface area contributed by atoms with Crippen LogP contribution in [-0.4, -0.2) is 12.7 Å². The molecule has 0 aromatic heterocycles. The molecule has 1 rings (SSSR count). The molecule has 0 aromatic rings. The lowest BCUT2D eigenvalue weighted by molar-refractivity contribution is 0.128. The fourth-order valence-corrected chi connectivity index (χ4v) is 1.45. The Kier molecular flexibility index (Phi) is 3.14. The fraction of sp³-hybridized carbons (Fsp3) is 0.667. The molecule has 1 fully saturated rings. The minimum atomic E-state index is -0.667. The molecule has 1 aliphatic carbocycles. The average Bonchev–Trinajstić information content (AvgIpc) is 2.03. The molecule has 0 aliphatic heterocycles. The Bertz CT molecular complexity index is 179. The van der Waals surface area contributed by atoms with E-state index in [0.29, 0.717) is 12.5 Å². The van der Waals surface area contributed by atoms with Crippen molar-refractivity contribution in [3.63, 3.8) is 0 Å². The Balaban J connectivity index is 2.17. The molecule has 12 heavy (non-hydrogen) atoms. The van der Waals surface area contributed by atoms with Crippen molar-refractivity contribution in [1.82, 2.24) is 0 Å². The van der Waals surface area contributed by atoms with Gasteiger partial charge in [-0.05, 0) is 31.6 Å². The quantitative estimate of drug-likeness (QED) is 0.641. The van der Waals surface area contributed by atoms with Crippen molar-refractivity contribution < 1.29 is 9.53 Å². The van der Waals surface area contributed by atoms with Gasteiger partial charge in [-0.3, -0.25) is 0 Å². The highest BCUT2D eigenvalue weighted by molar-refractivity contribution is 5.64. The van der Waals surface area contributed by atoms with Gasteiger partial charge in [0, 0.05) is 0 Å². The molecule has 3 nitrogen and oxygen atoms in total. The first-order valence-corrected chi connectivity index (χ1v) is 4.27. The molecule has 0 heterocycles. The van der Waals surface area contributed by atoms with Crippen molar-refractivity contribution in [3.8, 4) is 0 Å². The summed E-state index contributed by atoms with van der Waals surface area (Å²) in [5.74, 6) is 0.489. The largest absolute Gasteiger partial charge is 0.449 e. The molecule has 1 saturated carbocycles. The van der Waals surface area contributed by atoms with Crippen LogP contribution < -0.4 is 5.73 Å². The highest BCUT2D eigenvalue weighted by Gasteiger charge is 2.16. The van der Waals surface area contributed by atoms with Crippen molar-refractivity contribution >= 4 is 6.09 Å². The molecule has 3 heteroatoms. The van der Waals surface area contributed by atoms with E-state index in [1.165, 1.54) is 5.57 Å². The van der Waals surface area contributed by atoms with Crippen LogP contribution in [0.5, 0.6) is 0 Å². The number of amides is 1. The van der Waals surface area contributed by atoms with Gasteiger partial charge in [0.15, 0.2) is 0 Å². The van der Waals surface area contributed by atoms with E-state index in [-0.39, 0.29) is 0 Å². The summed E-state index contributed by atoms with van der Waals surface area (Å²) in [5.41, 5.74) is 6.17. The number of hydrogen-bond acceptors (Lipinski definition) is 2. The summed E-state index contributed by atoms with van der Waals surface area (Å²) >= 11 is 0. The van der Waals surface area contributed by atoms with Crippen LogP contribution in [0.25, 0.3) is 0 Å². The van der Waals surface area contributed by atoms with Crippen molar-refractivity contribution in [2.75, 3.05) is 6.61 Å². The zero-order chi connectivity index (χ0) is 8.97. The highest BCUT2D eigenvalue weighted by atomic mass is 16.5. The molecule has 1 amide bonds. The first kappa shape index (κ1) is 9.10. The predicted molar refractivity (Wildman–Crippen MR) is 46.6 cm³/mol. The third kappa shape index (κ3) is 2.95. The zero-order valence-electron chi connectivity index (χ0n) is 7.21.